The van der Waals surface area contributed by atoms with E-state index >= 15 is 0 Å². The van der Waals surface area contributed by atoms with Gasteiger partial charge in [-0.25, -0.2) is 12.8 Å². The number of rotatable bonds is 3. The molecule has 0 radical (unpaired) electrons. The first-order valence-electron chi connectivity index (χ1n) is 6.13. The number of halogens is 1. The second-order valence-electron chi connectivity index (χ2n) is 4.73. The van der Waals surface area contributed by atoms with Gasteiger partial charge in [0.15, 0.2) is 0 Å². The summed E-state index contributed by atoms with van der Waals surface area (Å²) in [6.45, 7) is 1.81. The Balaban J connectivity index is 2.35. The quantitative estimate of drug-likeness (QED) is 0.850. The van der Waals surface area contributed by atoms with Gasteiger partial charge in [-0.15, -0.1) is 0 Å². The minimum absolute atomic E-state index is 0.0586. The average molecular weight is 301 g/mol. The second-order valence-corrected chi connectivity index (χ2v) is 6.67. The fourth-order valence-corrected chi connectivity index (χ4v) is 3.61. The second kappa shape index (κ2) is 5.47. The van der Waals surface area contributed by atoms with E-state index < -0.39 is 21.7 Å². The molecule has 1 saturated heterocycles. The molecule has 0 unspecified atom stereocenters. The van der Waals surface area contributed by atoms with Crippen molar-refractivity contribution in [2.24, 2.45) is 5.73 Å². The summed E-state index contributed by atoms with van der Waals surface area (Å²) in [7, 11) is -3.71. The zero-order valence-electron chi connectivity index (χ0n) is 11.0. The third kappa shape index (κ3) is 2.97. The van der Waals surface area contributed by atoms with Crippen LogP contribution >= 0.6 is 0 Å². The van der Waals surface area contributed by atoms with E-state index in [2.05, 4.69) is 5.32 Å². The molecule has 3 N–H and O–H groups in total. The topological polar surface area (TPSA) is 92.5 Å². The molecule has 110 valence electrons. The SMILES string of the molecule is CC(=O)Nc1cc(S(=O)(=O)N2CC[C@@H](N)C2)ccc1F. The van der Waals surface area contributed by atoms with E-state index in [4.69, 9.17) is 5.73 Å². The smallest absolute Gasteiger partial charge is 0.243 e. The molecule has 1 fully saturated rings. The number of hydrogen-bond donors (Lipinski definition) is 2. The number of nitrogens with zero attached hydrogens (tertiary/aromatic N) is 1. The molecule has 6 nitrogen and oxygen atoms in total. The zero-order valence-corrected chi connectivity index (χ0v) is 11.8. The first-order valence-corrected chi connectivity index (χ1v) is 7.57. The Kier molecular flexibility index (Phi) is 4.07. The lowest BCUT2D eigenvalue weighted by Crippen LogP contribution is -2.32. The summed E-state index contributed by atoms with van der Waals surface area (Å²) in [5.41, 5.74) is 5.55. The fourth-order valence-electron chi connectivity index (χ4n) is 2.07. The van der Waals surface area contributed by atoms with Gasteiger partial charge >= 0.3 is 0 Å². The Morgan fingerprint density at radius 2 is 2.20 bits per heavy atom. The van der Waals surface area contributed by atoms with Crippen LogP contribution < -0.4 is 11.1 Å². The largest absolute Gasteiger partial charge is 0.326 e. The van der Waals surface area contributed by atoms with Gasteiger partial charge in [0.1, 0.15) is 5.82 Å². The fraction of sp³-hybridized carbons (Fsp3) is 0.417. The minimum atomic E-state index is -3.71. The zero-order chi connectivity index (χ0) is 14.9. The Hall–Kier alpha value is -1.51. The normalized spacial score (nSPS) is 20.1. The van der Waals surface area contributed by atoms with Crippen LogP contribution in [-0.4, -0.2) is 37.8 Å². The number of carbonyl (C=O) groups is 1. The lowest BCUT2D eigenvalue weighted by atomic mass is 10.3. The monoisotopic (exact) mass is 301 g/mol. The summed E-state index contributed by atoms with van der Waals surface area (Å²) in [6.07, 6.45) is 0.596. The minimum Gasteiger partial charge on any atom is -0.326 e. The molecule has 2 rings (SSSR count). The number of hydrogen-bond acceptors (Lipinski definition) is 4. The van der Waals surface area contributed by atoms with Gasteiger partial charge in [0.2, 0.25) is 15.9 Å². The summed E-state index contributed by atoms with van der Waals surface area (Å²) in [6, 6.07) is 3.14. The van der Waals surface area contributed by atoms with Crippen molar-refractivity contribution < 1.29 is 17.6 Å². The predicted octanol–water partition coefficient (Wildman–Crippen LogP) is 0.506. The molecule has 20 heavy (non-hydrogen) atoms. The lowest BCUT2D eigenvalue weighted by Gasteiger charge is -2.16. The van der Waals surface area contributed by atoms with Crippen molar-refractivity contribution in [1.29, 1.82) is 0 Å². The molecular formula is C12H16FN3O3S. The highest BCUT2D eigenvalue weighted by Gasteiger charge is 2.31. The van der Waals surface area contributed by atoms with Gasteiger partial charge < -0.3 is 11.1 Å². The number of sulfonamides is 1. The van der Waals surface area contributed by atoms with Gasteiger partial charge in [-0.3, -0.25) is 4.79 Å². The highest BCUT2D eigenvalue weighted by molar-refractivity contribution is 7.89. The van der Waals surface area contributed by atoms with Gasteiger partial charge in [-0.05, 0) is 24.6 Å². The third-order valence-electron chi connectivity index (χ3n) is 3.07. The van der Waals surface area contributed by atoms with E-state index in [1.54, 1.807) is 0 Å². The van der Waals surface area contributed by atoms with E-state index in [0.29, 0.717) is 13.0 Å². The van der Waals surface area contributed by atoms with E-state index in [1.165, 1.54) is 17.3 Å². The van der Waals surface area contributed by atoms with E-state index in [9.17, 15) is 17.6 Å². The van der Waals surface area contributed by atoms with Gasteiger partial charge in [0.05, 0.1) is 10.6 Å². The molecule has 0 spiro atoms. The molecule has 1 aromatic rings. The van der Waals surface area contributed by atoms with Crippen LogP contribution in [0.25, 0.3) is 0 Å². The average Bonchev–Trinajstić information content (AvgIpc) is 2.78. The summed E-state index contributed by atoms with van der Waals surface area (Å²) >= 11 is 0. The number of anilines is 1. The summed E-state index contributed by atoms with van der Waals surface area (Å²) in [5, 5.41) is 2.26. The summed E-state index contributed by atoms with van der Waals surface area (Å²) < 4.78 is 39.5. The molecule has 0 bridgehead atoms. The van der Waals surface area contributed by atoms with Crippen LogP contribution in [0.15, 0.2) is 23.1 Å². The third-order valence-corrected chi connectivity index (χ3v) is 4.93. The molecule has 1 heterocycles. The predicted molar refractivity (Wildman–Crippen MR) is 72.1 cm³/mol. The van der Waals surface area contributed by atoms with Crippen molar-refractivity contribution in [3.05, 3.63) is 24.0 Å². The number of nitrogens with two attached hydrogens (primary N) is 1. The molecule has 1 aliphatic rings. The maximum Gasteiger partial charge on any atom is 0.243 e. The van der Waals surface area contributed by atoms with Crippen molar-refractivity contribution in [2.75, 3.05) is 18.4 Å². The maximum atomic E-state index is 13.5. The first-order chi connectivity index (χ1) is 9.30. The first kappa shape index (κ1) is 14.9. The molecule has 1 amide bonds. The Bertz CT molecular complexity index is 633. The highest BCUT2D eigenvalue weighted by atomic mass is 32.2. The molecule has 0 saturated carbocycles. The van der Waals surface area contributed by atoms with Crippen LogP contribution in [-0.2, 0) is 14.8 Å². The molecule has 1 aromatic carbocycles. The standard InChI is InChI=1S/C12H16FN3O3S/c1-8(17)15-12-6-10(2-3-11(12)13)20(18,19)16-5-4-9(14)7-16/h2-3,6,9H,4-5,7,14H2,1H3,(H,15,17)/t9-/m1/s1. The number of amides is 1. The van der Waals surface area contributed by atoms with Gasteiger partial charge in [-0.1, -0.05) is 0 Å². The van der Waals surface area contributed by atoms with Crippen LogP contribution in [0.4, 0.5) is 10.1 Å². The Labute approximate surface area is 116 Å². The van der Waals surface area contributed by atoms with Crippen LogP contribution in [0, 0.1) is 5.82 Å². The lowest BCUT2D eigenvalue weighted by molar-refractivity contribution is -0.114. The van der Waals surface area contributed by atoms with E-state index in [-0.39, 0.29) is 23.2 Å². The van der Waals surface area contributed by atoms with E-state index in [1.807, 2.05) is 0 Å². The van der Waals surface area contributed by atoms with Crippen LogP contribution in [0.1, 0.15) is 13.3 Å². The number of carbonyl (C=O) groups excluding carboxylic acids is 1. The van der Waals surface area contributed by atoms with Crippen molar-refractivity contribution in [3.63, 3.8) is 0 Å². The molecule has 8 heteroatoms. The molecule has 0 aromatic heterocycles. The molecular weight excluding hydrogens is 285 g/mol. The molecule has 0 aliphatic carbocycles. The van der Waals surface area contributed by atoms with Crippen LogP contribution in [0.5, 0.6) is 0 Å². The highest BCUT2D eigenvalue weighted by Crippen LogP contribution is 2.24. The Morgan fingerprint density at radius 1 is 1.50 bits per heavy atom. The van der Waals surface area contributed by atoms with Crippen LogP contribution in [0.2, 0.25) is 0 Å². The van der Waals surface area contributed by atoms with Crippen molar-refractivity contribution in [3.8, 4) is 0 Å². The van der Waals surface area contributed by atoms with Gasteiger partial charge in [-0.2, -0.15) is 4.31 Å². The summed E-state index contributed by atoms with van der Waals surface area (Å²) in [4.78, 5) is 10.9. The van der Waals surface area contributed by atoms with Gasteiger partial charge in [0.25, 0.3) is 0 Å². The number of benzene rings is 1. The Morgan fingerprint density at radius 3 is 2.75 bits per heavy atom. The van der Waals surface area contributed by atoms with Crippen molar-refractivity contribution in [2.45, 2.75) is 24.3 Å². The van der Waals surface area contributed by atoms with E-state index in [0.717, 1.165) is 12.1 Å². The molecule has 1 atom stereocenters. The molecule has 1 aliphatic heterocycles. The van der Waals surface area contributed by atoms with Crippen molar-refractivity contribution in [1.82, 2.24) is 4.31 Å². The maximum absolute atomic E-state index is 13.5. The van der Waals surface area contributed by atoms with Gasteiger partial charge in [0, 0.05) is 26.1 Å². The number of nitrogens with one attached hydrogen (secondary N) is 1. The summed E-state index contributed by atoms with van der Waals surface area (Å²) in [5.74, 6) is -1.15. The van der Waals surface area contributed by atoms with Crippen LogP contribution in [0.3, 0.4) is 0 Å². The van der Waals surface area contributed by atoms with Crippen molar-refractivity contribution >= 4 is 21.6 Å².